The zero-order valence-electron chi connectivity index (χ0n) is 13.2. The Kier molecular flexibility index (Phi) is 5.51. The van der Waals surface area contributed by atoms with Gasteiger partial charge in [0.2, 0.25) is 0 Å². The quantitative estimate of drug-likeness (QED) is 0.869. The number of piperidine rings is 1. The van der Waals surface area contributed by atoms with Crippen molar-refractivity contribution in [3.05, 3.63) is 16.8 Å². The molecule has 114 valence electrons. The minimum Gasteiger partial charge on any atom is -0.365 e. The third-order valence-corrected chi connectivity index (χ3v) is 4.36. The van der Waals surface area contributed by atoms with Crippen molar-refractivity contribution in [2.45, 2.75) is 52.5 Å². The lowest BCUT2D eigenvalue weighted by atomic mass is 9.92. The first-order chi connectivity index (χ1) is 10.2. The maximum Gasteiger partial charge on any atom is 0.167 e. The highest BCUT2D eigenvalue weighted by atomic mass is 15.2. The highest BCUT2D eigenvalue weighted by Crippen LogP contribution is 2.23. The molecule has 0 aromatic carbocycles. The van der Waals surface area contributed by atoms with Crippen molar-refractivity contribution in [1.82, 2.24) is 15.5 Å². The van der Waals surface area contributed by atoms with Gasteiger partial charge in [-0.3, -0.25) is 0 Å². The minimum atomic E-state index is 0.288. The molecule has 2 atom stereocenters. The maximum absolute atomic E-state index is 9.50. The zero-order valence-corrected chi connectivity index (χ0v) is 13.2. The number of rotatable bonds is 5. The number of nitriles is 1. The van der Waals surface area contributed by atoms with Crippen molar-refractivity contribution in [3.8, 4) is 6.07 Å². The molecule has 1 saturated heterocycles. The van der Waals surface area contributed by atoms with Crippen LogP contribution in [0.15, 0.2) is 0 Å². The van der Waals surface area contributed by atoms with Crippen LogP contribution in [0.1, 0.15) is 50.4 Å². The summed E-state index contributed by atoms with van der Waals surface area (Å²) >= 11 is 0. The Morgan fingerprint density at radius 2 is 2.19 bits per heavy atom. The van der Waals surface area contributed by atoms with E-state index >= 15 is 0 Å². The molecule has 5 nitrogen and oxygen atoms in total. The molecule has 2 N–H and O–H groups in total. The van der Waals surface area contributed by atoms with Crippen LogP contribution in [0.3, 0.4) is 0 Å². The molecule has 0 radical (unpaired) electrons. The third-order valence-electron chi connectivity index (χ3n) is 4.36. The molecule has 2 heterocycles. The number of anilines is 1. The van der Waals surface area contributed by atoms with Gasteiger partial charge in [-0.15, -0.1) is 5.10 Å². The molecule has 1 aliphatic heterocycles. The van der Waals surface area contributed by atoms with E-state index in [1.54, 1.807) is 0 Å². The zero-order chi connectivity index (χ0) is 15.2. The van der Waals surface area contributed by atoms with E-state index in [4.69, 9.17) is 0 Å². The number of nitrogens with one attached hydrogen (secondary N) is 2. The molecule has 1 aromatic heterocycles. The van der Waals surface area contributed by atoms with Gasteiger partial charge in [0.1, 0.15) is 11.6 Å². The van der Waals surface area contributed by atoms with Crippen LogP contribution in [0, 0.1) is 17.2 Å². The highest BCUT2D eigenvalue weighted by molar-refractivity contribution is 5.56. The standard InChI is InChI=1S/C16H25N5/c1-4-13-14(9-17)16(21-20-15(13)5-2)19-11(3)12-7-6-8-18-10-12/h11-12,18H,4-8,10H2,1-3H3,(H,19,21). The van der Waals surface area contributed by atoms with Gasteiger partial charge < -0.3 is 10.6 Å². The largest absolute Gasteiger partial charge is 0.365 e. The van der Waals surface area contributed by atoms with Crippen molar-refractivity contribution in [2.24, 2.45) is 5.92 Å². The predicted molar refractivity (Wildman–Crippen MR) is 84.2 cm³/mol. The molecule has 2 unspecified atom stereocenters. The molecule has 0 aliphatic carbocycles. The lowest BCUT2D eigenvalue weighted by Crippen LogP contribution is -2.39. The summed E-state index contributed by atoms with van der Waals surface area (Å²) in [6.07, 6.45) is 4.05. The van der Waals surface area contributed by atoms with Crippen molar-refractivity contribution in [1.29, 1.82) is 5.26 Å². The van der Waals surface area contributed by atoms with Crippen LogP contribution in [0.25, 0.3) is 0 Å². The maximum atomic E-state index is 9.50. The third kappa shape index (κ3) is 3.51. The van der Waals surface area contributed by atoms with Crippen LogP contribution in [0.4, 0.5) is 5.82 Å². The molecular weight excluding hydrogens is 262 g/mol. The number of hydrogen-bond acceptors (Lipinski definition) is 5. The minimum absolute atomic E-state index is 0.288. The Hall–Kier alpha value is -1.67. The van der Waals surface area contributed by atoms with Gasteiger partial charge >= 0.3 is 0 Å². The fraction of sp³-hybridized carbons (Fsp3) is 0.688. The molecule has 0 saturated carbocycles. The number of aromatic nitrogens is 2. The topological polar surface area (TPSA) is 73.6 Å². The molecular formula is C16H25N5. The Labute approximate surface area is 127 Å². The van der Waals surface area contributed by atoms with Crippen molar-refractivity contribution < 1.29 is 0 Å². The van der Waals surface area contributed by atoms with Gasteiger partial charge in [-0.1, -0.05) is 13.8 Å². The number of aryl methyl sites for hydroxylation is 1. The Bertz CT molecular complexity index is 514. The molecule has 1 fully saturated rings. The lowest BCUT2D eigenvalue weighted by molar-refractivity contribution is 0.346. The van der Waals surface area contributed by atoms with E-state index in [0.29, 0.717) is 17.3 Å². The van der Waals surface area contributed by atoms with Gasteiger partial charge in [0.15, 0.2) is 5.82 Å². The fourth-order valence-corrected chi connectivity index (χ4v) is 3.03. The molecule has 1 aliphatic rings. The smallest absolute Gasteiger partial charge is 0.167 e. The summed E-state index contributed by atoms with van der Waals surface area (Å²) in [4.78, 5) is 0. The van der Waals surface area contributed by atoms with E-state index in [9.17, 15) is 5.26 Å². The van der Waals surface area contributed by atoms with Gasteiger partial charge in [0, 0.05) is 6.04 Å². The van der Waals surface area contributed by atoms with Crippen LogP contribution < -0.4 is 10.6 Å². The highest BCUT2D eigenvalue weighted by Gasteiger charge is 2.22. The van der Waals surface area contributed by atoms with E-state index in [1.807, 2.05) is 6.92 Å². The average Bonchev–Trinajstić information content (AvgIpc) is 2.54. The van der Waals surface area contributed by atoms with Gasteiger partial charge in [-0.25, -0.2) is 0 Å². The predicted octanol–water partition coefficient (Wildman–Crippen LogP) is 2.27. The average molecular weight is 287 g/mol. The molecule has 0 spiro atoms. The van der Waals surface area contributed by atoms with E-state index in [0.717, 1.165) is 37.2 Å². The van der Waals surface area contributed by atoms with Crippen molar-refractivity contribution in [2.75, 3.05) is 18.4 Å². The molecule has 0 bridgehead atoms. The summed E-state index contributed by atoms with van der Waals surface area (Å²) in [6.45, 7) is 8.41. The Morgan fingerprint density at radius 3 is 2.76 bits per heavy atom. The van der Waals surface area contributed by atoms with Crippen LogP contribution >= 0.6 is 0 Å². The summed E-state index contributed by atoms with van der Waals surface area (Å²) in [5.74, 6) is 1.22. The molecule has 21 heavy (non-hydrogen) atoms. The van der Waals surface area contributed by atoms with Gasteiger partial charge in [0.05, 0.1) is 5.69 Å². The second kappa shape index (κ2) is 7.37. The first-order valence-electron chi connectivity index (χ1n) is 7.97. The molecule has 0 amide bonds. The normalized spacial score (nSPS) is 19.8. The number of hydrogen-bond donors (Lipinski definition) is 2. The Balaban J connectivity index is 2.21. The summed E-state index contributed by atoms with van der Waals surface area (Å²) in [7, 11) is 0. The lowest BCUT2D eigenvalue weighted by Gasteiger charge is -2.29. The summed E-state index contributed by atoms with van der Waals surface area (Å²) < 4.78 is 0. The Morgan fingerprint density at radius 1 is 1.38 bits per heavy atom. The fourth-order valence-electron chi connectivity index (χ4n) is 3.03. The second-order valence-electron chi connectivity index (χ2n) is 5.71. The van der Waals surface area contributed by atoms with Crippen LogP contribution in [0.2, 0.25) is 0 Å². The van der Waals surface area contributed by atoms with Crippen molar-refractivity contribution in [3.63, 3.8) is 0 Å². The van der Waals surface area contributed by atoms with Crippen LogP contribution in [-0.4, -0.2) is 29.3 Å². The van der Waals surface area contributed by atoms with E-state index in [-0.39, 0.29) is 6.04 Å². The number of nitrogens with zero attached hydrogens (tertiary/aromatic N) is 3. The SMILES string of the molecule is CCc1nnc(NC(C)C2CCCNC2)c(C#N)c1CC. The van der Waals surface area contributed by atoms with Crippen LogP contribution in [0.5, 0.6) is 0 Å². The van der Waals surface area contributed by atoms with Gasteiger partial charge in [-0.05, 0) is 57.2 Å². The van der Waals surface area contributed by atoms with Gasteiger partial charge in [0.25, 0.3) is 0 Å². The first kappa shape index (κ1) is 15.7. The molecule has 2 rings (SSSR count). The summed E-state index contributed by atoms with van der Waals surface area (Å²) in [5, 5.41) is 24.9. The molecule has 5 heteroatoms. The van der Waals surface area contributed by atoms with E-state index in [2.05, 4.69) is 40.7 Å². The van der Waals surface area contributed by atoms with Crippen molar-refractivity contribution >= 4 is 5.82 Å². The summed E-state index contributed by atoms with van der Waals surface area (Å²) in [5.41, 5.74) is 2.64. The first-order valence-corrected chi connectivity index (χ1v) is 7.97. The van der Waals surface area contributed by atoms with Gasteiger partial charge in [-0.2, -0.15) is 10.4 Å². The van der Waals surface area contributed by atoms with E-state index < -0.39 is 0 Å². The van der Waals surface area contributed by atoms with Crippen LogP contribution in [-0.2, 0) is 12.8 Å². The second-order valence-corrected chi connectivity index (χ2v) is 5.71. The molecule has 1 aromatic rings. The monoisotopic (exact) mass is 287 g/mol. The summed E-state index contributed by atoms with van der Waals surface area (Å²) in [6, 6.07) is 2.61. The van der Waals surface area contributed by atoms with E-state index in [1.165, 1.54) is 12.8 Å².